The largest absolute Gasteiger partial charge is 0.341 e. The molecular weight excluding hydrogens is 396 g/mol. The molecule has 0 N–H and O–H groups in total. The van der Waals surface area contributed by atoms with E-state index in [1.807, 2.05) is 72.6 Å². The van der Waals surface area contributed by atoms with Crippen LogP contribution < -0.4 is 0 Å². The number of rotatable bonds is 5. The Morgan fingerprint density at radius 1 is 0.906 bits per heavy atom. The van der Waals surface area contributed by atoms with Gasteiger partial charge in [-0.05, 0) is 36.6 Å². The zero-order valence-electron chi connectivity index (χ0n) is 18.8. The van der Waals surface area contributed by atoms with Gasteiger partial charge in [-0.1, -0.05) is 78.4 Å². The molecule has 164 valence electrons. The predicted molar refractivity (Wildman–Crippen MR) is 127 cm³/mol. The van der Waals surface area contributed by atoms with Crippen molar-refractivity contribution in [3.8, 4) is 0 Å². The minimum Gasteiger partial charge on any atom is -0.341 e. The fourth-order valence-corrected chi connectivity index (χ4v) is 4.62. The smallest absolute Gasteiger partial charge is 0.253 e. The Bertz CT molecular complexity index is 1070. The van der Waals surface area contributed by atoms with Crippen LogP contribution in [0.1, 0.15) is 39.4 Å². The van der Waals surface area contributed by atoms with Crippen molar-refractivity contribution in [2.75, 3.05) is 20.1 Å². The van der Waals surface area contributed by atoms with Crippen molar-refractivity contribution in [1.82, 2.24) is 9.80 Å². The first kappa shape index (κ1) is 21.8. The zero-order valence-corrected chi connectivity index (χ0v) is 18.8. The van der Waals surface area contributed by atoms with Gasteiger partial charge in [0.2, 0.25) is 5.91 Å². The van der Waals surface area contributed by atoms with Crippen molar-refractivity contribution >= 4 is 11.8 Å². The summed E-state index contributed by atoms with van der Waals surface area (Å²) in [5.41, 5.74) is 4.16. The Morgan fingerprint density at radius 2 is 1.59 bits per heavy atom. The van der Waals surface area contributed by atoms with Crippen LogP contribution in [0.5, 0.6) is 0 Å². The SMILES string of the molecule is Cc1cccc(C2CC(C(=O)N(C)Cc3ccccc3)CN(C(=O)c3ccccc3)C2)c1. The second-order valence-corrected chi connectivity index (χ2v) is 8.80. The molecule has 1 fully saturated rings. The maximum atomic E-state index is 13.4. The summed E-state index contributed by atoms with van der Waals surface area (Å²) in [5.74, 6) is -0.00504. The van der Waals surface area contributed by atoms with Gasteiger partial charge in [0.1, 0.15) is 0 Å². The lowest BCUT2D eigenvalue weighted by Gasteiger charge is -2.39. The molecule has 0 radical (unpaired) electrons. The second kappa shape index (κ2) is 9.82. The van der Waals surface area contributed by atoms with Crippen LogP contribution in [0.15, 0.2) is 84.9 Å². The quantitative estimate of drug-likeness (QED) is 0.582. The maximum Gasteiger partial charge on any atom is 0.253 e. The van der Waals surface area contributed by atoms with Gasteiger partial charge >= 0.3 is 0 Å². The van der Waals surface area contributed by atoms with E-state index < -0.39 is 0 Å². The summed E-state index contributed by atoms with van der Waals surface area (Å²) in [6.07, 6.45) is 0.750. The summed E-state index contributed by atoms with van der Waals surface area (Å²) in [5, 5.41) is 0. The first-order valence-electron chi connectivity index (χ1n) is 11.2. The molecule has 32 heavy (non-hydrogen) atoms. The van der Waals surface area contributed by atoms with Crippen LogP contribution in [-0.2, 0) is 11.3 Å². The Morgan fingerprint density at radius 3 is 2.28 bits per heavy atom. The van der Waals surface area contributed by atoms with Crippen molar-refractivity contribution in [1.29, 1.82) is 0 Å². The molecule has 0 saturated carbocycles. The highest BCUT2D eigenvalue weighted by Gasteiger charge is 2.36. The lowest BCUT2D eigenvalue weighted by molar-refractivity contribution is -0.136. The van der Waals surface area contributed by atoms with E-state index >= 15 is 0 Å². The van der Waals surface area contributed by atoms with E-state index in [2.05, 4.69) is 31.2 Å². The molecule has 1 heterocycles. The molecule has 1 saturated heterocycles. The Hall–Kier alpha value is -3.40. The zero-order chi connectivity index (χ0) is 22.5. The van der Waals surface area contributed by atoms with Gasteiger partial charge < -0.3 is 9.80 Å². The molecule has 3 aromatic rings. The molecule has 0 aromatic heterocycles. The van der Waals surface area contributed by atoms with E-state index in [1.54, 1.807) is 4.90 Å². The van der Waals surface area contributed by atoms with Crippen molar-refractivity contribution in [2.24, 2.45) is 5.92 Å². The summed E-state index contributed by atoms with van der Waals surface area (Å²) in [6, 6.07) is 27.8. The van der Waals surface area contributed by atoms with E-state index in [0.29, 0.717) is 25.2 Å². The number of nitrogens with zero attached hydrogens (tertiary/aromatic N) is 2. The molecule has 4 rings (SSSR count). The monoisotopic (exact) mass is 426 g/mol. The van der Waals surface area contributed by atoms with Gasteiger partial charge in [-0.25, -0.2) is 0 Å². The lowest BCUT2D eigenvalue weighted by Crippen LogP contribution is -2.48. The average molecular weight is 427 g/mol. The van der Waals surface area contributed by atoms with Gasteiger partial charge in [0.25, 0.3) is 5.91 Å². The highest BCUT2D eigenvalue weighted by Crippen LogP contribution is 2.32. The highest BCUT2D eigenvalue weighted by atomic mass is 16.2. The summed E-state index contributed by atoms with van der Waals surface area (Å²) in [4.78, 5) is 30.4. The van der Waals surface area contributed by atoms with E-state index in [4.69, 9.17) is 0 Å². The van der Waals surface area contributed by atoms with E-state index in [1.165, 1.54) is 11.1 Å². The minimum absolute atomic E-state index is 0.00790. The first-order chi connectivity index (χ1) is 15.5. The number of benzene rings is 3. The van der Waals surface area contributed by atoms with Crippen molar-refractivity contribution in [3.63, 3.8) is 0 Å². The summed E-state index contributed by atoms with van der Waals surface area (Å²) >= 11 is 0. The second-order valence-electron chi connectivity index (χ2n) is 8.80. The van der Waals surface area contributed by atoms with Gasteiger partial charge in [0.05, 0.1) is 5.92 Å². The van der Waals surface area contributed by atoms with E-state index in [0.717, 1.165) is 12.0 Å². The molecular formula is C28H30N2O2. The number of aryl methyl sites for hydroxylation is 1. The van der Waals surface area contributed by atoms with Crippen LogP contribution in [0.2, 0.25) is 0 Å². The Balaban J connectivity index is 1.57. The lowest BCUT2D eigenvalue weighted by atomic mass is 9.83. The molecule has 2 amide bonds. The molecule has 0 spiro atoms. The van der Waals surface area contributed by atoms with Gasteiger partial charge in [-0.15, -0.1) is 0 Å². The third kappa shape index (κ3) is 5.08. The molecule has 3 aromatic carbocycles. The predicted octanol–water partition coefficient (Wildman–Crippen LogP) is 4.90. The van der Waals surface area contributed by atoms with Crippen molar-refractivity contribution < 1.29 is 9.59 Å². The number of carbonyl (C=O) groups excluding carboxylic acids is 2. The molecule has 4 nitrogen and oxygen atoms in total. The van der Waals surface area contributed by atoms with Crippen LogP contribution in [0.3, 0.4) is 0 Å². The van der Waals surface area contributed by atoms with E-state index in [9.17, 15) is 9.59 Å². The molecule has 2 atom stereocenters. The average Bonchev–Trinajstić information content (AvgIpc) is 2.84. The molecule has 2 unspecified atom stereocenters. The van der Waals surface area contributed by atoms with Crippen LogP contribution >= 0.6 is 0 Å². The molecule has 0 aliphatic carbocycles. The van der Waals surface area contributed by atoms with Crippen molar-refractivity contribution in [2.45, 2.75) is 25.8 Å². The summed E-state index contributed by atoms with van der Waals surface area (Å²) in [6.45, 7) is 3.73. The van der Waals surface area contributed by atoms with Gasteiger partial charge in [-0.3, -0.25) is 9.59 Å². The van der Waals surface area contributed by atoms with E-state index in [-0.39, 0.29) is 23.7 Å². The first-order valence-corrected chi connectivity index (χ1v) is 11.2. The van der Waals surface area contributed by atoms with Crippen LogP contribution in [0, 0.1) is 12.8 Å². The van der Waals surface area contributed by atoms with Crippen LogP contribution in [0.25, 0.3) is 0 Å². The Labute approximate surface area is 190 Å². The third-order valence-electron chi connectivity index (χ3n) is 6.26. The van der Waals surface area contributed by atoms with Crippen LogP contribution in [0.4, 0.5) is 0 Å². The van der Waals surface area contributed by atoms with Gasteiger partial charge in [0, 0.05) is 38.2 Å². The van der Waals surface area contributed by atoms with Gasteiger partial charge in [0.15, 0.2) is 0 Å². The highest BCUT2D eigenvalue weighted by molar-refractivity contribution is 5.94. The molecule has 0 bridgehead atoms. The number of amides is 2. The fraction of sp³-hybridized carbons (Fsp3) is 0.286. The minimum atomic E-state index is -0.226. The van der Waals surface area contributed by atoms with Gasteiger partial charge in [-0.2, -0.15) is 0 Å². The molecule has 4 heteroatoms. The van der Waals surface area contributed by atoms with Crippen LogP contribution in [-0.4, -0.2) is 41.8 Å². The number of likely N-dealkylation sites (tertiary alicyclic amines) is 1. The molecule has 1 aliphatic rings. The number of piperidine rings is 1. The normalized spacial score (nSPS) is 18.2. The maximum absolute atomic E-state index is 13.4. The van der Waals surface area contributed by atoms with Crippen molar-refractivity contribution in [3.05, 3.63) is 107 Å². The third-order valence-corrected chi connectivity index (χ3v) is 6.26. The number of carbonyl (C=O) groups is 2. The standard InChI is InChI=1S/C28H30N2O2/c1-21-10-9-15-24(16-21)25-17-26(27(31)29(2)18-22-11-5-3-6-12-22)20-30(19-25)28(32)23-13-7-4-8-14-23/h3-16,25-26H,17-20H2,1-2H3. The topological polar surface area (TPSA) is 40.6 Å². The molecule has 1 aliphatic heterocycles. The number of hydrogen-bond acceptors (Lipinski definition) is 2. The number of hydrogen-bond donors (Lipinski definition) is 0. The fourth-order valence-electron chi connectivity index (χ4n) is 4.62. The summed E-state index contributed by atoms with van der Waals surface area (Å²) < 4.78 is 0. The Kier molecular flexibility index (Phi) is 6.69. The summed E-state index contributed by atoms with van der Waals surface area (Å²) in [7, 11) is 1.86.